The molecule has 2 unspecified atom stereocenters. The molecule has 0 saturated carbocycles. The van der Waals surface area contributed by atoms with Crippen LogP contribution in [0.1, 0.15) is 48.1 Å². The zero-order chi connectivity index (χ0) is 25.4. The molecule has 2 aromatic carbocycles. The van der Waals surface area contributed by atoms with Crippen molar-refractivity contribution >= 4 is 5.97 Å². The van der Waals surface area contributed by atoms with Crippen molar-refractivity contribution in [1.82, 2.24) is 5.32 Å². The summed E-state index contributed by atoms with van der Waals surface area (Å²) in [7, 11) is 0. The van der Waals surface area contributed by atoms with E-state index in [0.717, 1.165) is 5.56 Å². The van der Waals surface area contributed by atoms with E-state index in [0.29, 0.717) is 12.1 Å². The Morgan fingerprint density at radius 1 is 1.06 bits per heavy atom. The van der Waals surface area contributed by atoms with E-state index < -0.39 is 46.6 Å². The lowest BCUT2D eigenvalue weighted by Gasteiger charge is -2.44. The second-order valence-corrected chi connectivity index (χ2v) is 8.56. The lowest BCUT2D eigenvalue weighted by atomic mass is 9.77. The number of hydrogen-bond donors (Lipinski definition) is 3. The lowest BCUT2D eigenvalue weighted by Crippen LogP contribution is -2.65. The summed E-state index contributed by atoms with van der Waals surface area (Å²) in [6, 6.07) is 10.2. The molecule has 1 aliphatic heterocycles. The number of alkyl halides is 6. The second-order valence-electron chi connectivity index (χ2n) is 8.56. The molecule has 3 atom stereocenters. The quantitative estimate of drug-likeness (QED) is 0.504. The summed E-state index contributed by atoms with van der Waals surface area (Å²) < 4.78 is 85.1. The van der Waals surface area contributed by atoms with Crippen molar-refractivity contribution in [3.63, 3.8) is 0 Å². The average molecular weight is 490 g/mol. The maximum Gasteiger partial charge on any atom is 0.416 e. The summed E-state index contributed by atoms with van der Waals surface area (Å²) in [6.07, 6.45) is -10.7. The number of hydrogen-bond acceptors (Lipinski definition) is 4. The third kappa shape index (κ3) is 5.53. The van der Waals surface area contributed by atoms with Crippen LogP contribution < -0.4 is 11.1 Å². The molecule has 186 valence electrons. The highest BCUT2D eigenvalue weighted by molar-refractivity contribution is 5.79. The number of halogens is 6. The normalized spacial score (nSPS) is 24.6. The van der Waals surface area contributed by atoms with Crippen molar-refractivity contribution in [2.75, 3.05) is 13.2 Å². The maximum atomic E-state index is 13.2. The van der Waals surface area contributed by atoms with Gasteiger partial charge in [-0.3, -0.25) is 4.79 Å². The van der Waals surface area contributed by atoms with E-state index in [9.17, 15) is 36.2 Å². The SMILES string of the molecule is CC(OCC1(c2ccccc2)CC[C@@](N)(C(=O)O)CN1)c1cc(C(F)(F)F)cc(C(F)(F)F)c1. The first kappa shape index (κ1) is 26.0. The fourth-order valence-electron chi connectivity index (χ4n) is 3.91. The molecule has 0 spiro atoms. The number of carboxylic acids is 1. The van der Waals surface area contributed by atoms with Crippen molar-refractivity contribution in [3.05, 3.63) is 70.8 Å². The minimum atomic E-state index is -4.97. The number of carboxylic acid groups (broad SMARTS) is 1. The van der Waals surface area contributed by atoms with Gasteiger partial charge in [0.1, 0.15) is 5.54 Å². The van der Waals surface area contributed by atoms with Crippen LogP contribution in [-0.2, 0) is 27.4 Å². The van der Waals surface area contributed by atoms with E-state index in [1.165, 1.54) is 6.92 Å². The molecule has 3 rings (SSSR count). The minimum Gasteiger partial charge on any atom is -0.480 e. The number of nitrogens with one attached hydrogen (secondary N) is 1. The fourth-order valence-corrected chi connectivity index (χ4v) is 3.91. The molecule has 5 nitrogen and oxygen atoms in total. The fraction of sp³-hybridized carbons (Fsp3) is 0.435. The third-order valence-corrected chi connectivity index (χ3v) is 6.15. The van der Waals surface area contributed by atoms with Gasteiger partial charge in [0.25, 0.3) is 0 Å². The largest absolute Gasteiger partial charge is 0.480 e. The van der Waals surface area contributed by atoms with E-state index in [1.54, 1.807) is 30.3 Å². The van der Waals surface area contributed by atoms with E-state index in [-0.39, 0.29) is 37.6 Å². The molecular weight excluding hydrogens is 466 g/mol. The molecule has 11 heteroatoms. The smallest absolute Gasteiger partial charge is 0.416 e. The first-order valence-corrected chi connectivity index (χ1v) is 10.4. The van der Waals surface area contributed by atoms with E-state index in [4.69, 9.17) is 10.5 Å². The van der Waals surface area contributed by atoms with Gasteiger partial charge in [-0.05, 0) is 49.1 Å². The van der Waals surface area contributed by atoms with E-state index in [2.05, 4.69) is 5.32 Å². The molecule has 2 aromatic rings. The molecular formula is C23H24F6N2O3. The molecule has 1 heterocycles. The number of benzene rings is 2. The zero-order valence-corrected chi connectivity index (χ0v) is 18.1. The first-order valence-electron chi connectivity index (χ1n) is 10.4. The van der Waals surface area contributed by atoms with Crippen LogP contribution in [0, 0.1) is 0 Å². The molecule has 1 saturated heterocycles. The molecule has 4 N–H and O–H groups in total. The molecule has 1 aliphatic rings. The van der Waals surface area contributed by atoms with Gasteiger partial charge in [-0.2, -0.15) is 26.3 Å². The predicted octanol–water partition coefficient (Wildman–Crippen LogP) is 4.86. The second kappa shape index (κ2) is 9.20. The standard InChI is InChI=1S/C23H24F6N2O3/c1-14(15-9-17(22(24,25)26)11-18(10-15)23(27,28)29)34-13-21(16-5-3-2-4-6-16)8-7-20(30,12-31-21)19(32)33/h2-6,9-11,14,31H,7-8,12-13,30H2,1H3,(H,32,33)/t14?,20-,21?/m0/s1. The molecule has 34 heavy (non-hydrogen) atoms. The highest BCUT2D eigenvalue weighted by atomic mass is 19.4. The summed E-state index contributed by atoms with van der Waals surface area (Å²) >= 11 is 0. The van der Waals surface area contributed by atoms with Crippen molar-refractivity contribution < 1.29 is 41.0 Å². The van der Waals surface area contributed by atoms with Gasteiger partial charge < -0.3 is 20.9 Å². The zero-order valence-electron chi connectivity index (χ0n) is 18.1. The Hall–Kier alpha value is -2.63. The number of nitrogens with two attached hydrogens (primary N) is 1. The van der Waals surface area contributed by atoms with Crippen LogP contribution >= 0.6 is 0 Å². The Bertz CT molecular complexity index is 983. The number of carbonyl (C=O) groups is 1. The van der Waals surface area contributed by atoms with Crippen LogP contribution in [0.15, 0.2) is 48.5 Å². The minimum absolute atomic E-state index is 0.0666. The maximum absolute atomic E-state index is 13.2. The van der Waals surface area contributed by atoms with Crippen LogP contribution in [0.3, 0.4) is 0 Å². The van der Waals surface area contributed by atoms with Crippen molar-refractivity contribution in [2.45, 2.75) is 49.3 Å². The molecule has 0 amide bonds. The van der Waals surface area contributed by atoms with Crippen molar-refractivity contribution in [3.8, 4) is 0 Å². The summed E-state index contributed by atoms with van der Waals surface area (Å²) in [4.78, 5) is 11.5. The summed E-state index contributed by atoms with van der Waals surface area (Å²) in [5.74, 6) is -1.18. The van der Waals surface area contributed by atoms with Crippen LogP contribution in [-0.4, -0.2) is 29.8 Å². The molecule has 0 bridgehead atoms. The van der Waals surface area contributed by atoms with Gasteiger partial charge in [0.2, 0.25) is 0 Å². The van der Waals surface area contributed by atoms with Gasteiger partial charge in [0, 0.05) is 6.54 Å². The van der Waals surface area contributed by atoms with Crippen LogP contribution in [0.25, 0.3) is 0 Å². The summed E-state index contributed by atoms with van der Waals surface area (Å²) in [5, 5.41) is 12.5. The van der Waals surface area contributed by atoms with Crippen molar-refractivity contribution in [2.24, 2.45) is 5.73 Å². The molecule has 1 fully saturated rings. The number of rotatable bonds is 6. The first-order chi connectivity index (χ1) is 15.7. The van der Waals surface area contributed by atoms with Gasteiger partial charge in [-0.15, -0.1) is 0 Å². The van der Waals surface area contributed by atoms with Gasteiger partial charge in [0.15, 0.2) is 0 Å². The Labute approximate surface area is 191 Å². The topological polar surface area (TPSA) is 84.6 Å². The number of aliphatic carboxylic acids is 1. The summed E-state index contributed by atoms with van der Waals surface area (Å²) in [6.45, 7) is 1.13. The Balaban J connectivity index is 1.89. The van der Waals surface area contributed by atoms with Crippen molar-refractivity contribution in [1.29, 1.82) is 0 Å². The monoisotopic (exact) mass is 490 g/mol. The van der Waals surface area contributed by atoms with Crippen LogP contribution in [0.5, 0.6) is 0 Å². The van der Waals surface area contributed by atoms with Gasteiger partial charge in [0.05, 0.1) is 29.4 Å². The lowest BCUT2D eigenvalue weighted by molar-refractivity contribution is -0.146. The Morgan fingerprint density at radius 3 is 2.06 bits per heavy atom. The Kier molecular flexibility index (Phi) is 7.03. The van der Waals surface area contributed by atoms with Gasteiger partial charge >= 0.3 is 18.3 Å². The third-order valence-electron chi connectivity index (χ3n) is 6.15. The van der Waals surface area contributed by atoms with Crippen LogP contribution in [0.4, 0.5) is 26.3 Å². The number of ether oxygens (including phenoxy) is 1. The predicted molar refractivity (Wildman–Crippen MR) is 111 cm³/mol. The highest BCUT2D eigenvalue weighted by Crippen LogP contribution is 2.39. The van der Waals surface area contributed by atoms with Crippen LogP contribution in [0.2, 0.25) is 0 Å². The van der Waals surface area contributed by atoms with E-state index >= 15 is 0 Å². The summed E-state index contributed by atoms with van der Waals surface area (Å²) in [5.41, 5.74) is 1.12. The number of piperidine rings is 1. The molecule has 0 aromatic heterocycles. The molecule has 0 aliphatic carbocycles. The highest BCUT2D eigenvalue weighted by Gasteiger charge is 2.46. The Morgan fingerprint density at radius 2 is 1.62 bits per heavy atom. The van der Waals surface area contributed by atoms with Gasteiger partial charge in [-0.25, -0.2) is 0 Å². The van der Waals surface area contributed by atoms with E-state index in [1.807, 2.05) is 0 Å². The van der Waals surface area contributed by atoms with Gasteiger partial charge in [-0.1, -0.05) is 30.3 Å². The molecule has 0 radical (unpaired) electrons. The average Bonchev–Trinajstić information content (AvgIpc) is 2.78.